The van der Waals surface area contributed by atoms with E-state index in [0.717, 1.165) is 35.9 Å². The summed E-state index contributed by atoms with van der Waals surface area (Å²) < 4.78 is 27.0. The summed E-state index contributed by atoms with van der Waals surface area (Å²) in [6.07, 6.45) is 7.76. The Morgan fingerprint density at radius 3 is 2.55 bits per heavy atom. The lowest BCUT2D eigenvalue weighted by molar-refractivity contribution is -0.384. The Hall–Kier alpha value is -2.94. The van der Waals surface area contributed by atoms with Gasteiger partial charge in [-0.25, -0.2) is 17.4 Å². The first kappa shape index (κ1) is 19.4. The molecule has 8 nitrogen and oxygen atoms in total. The predicted molar refractivity (Wildman–Crippen MR) is 111 cm³/mol. The second-order valence-electron chi connectivity index (χ2n) is 7.35. The third kappa shape index (κ3) is 3.95. The number of nitrogens with zero attached hydrogens (tertiary/aromatic N) is 3. The van der Waals surface area contributed by atoms with Crippen LogP contribution in [0.5, 0.6) is 0 Å². The maximum Gasteiger partial charge on any atom is 0.311 e. The number of nitro groups is 1. The first-order valence-electron chi connectivity index (χ1n) is 9.64. The normalized spacial score (nSPS) is 15.4. The Labute approximate surface area is 168 Å². The highest BCUT2D eigenvalue weighted by Gasteiger charge is 2.26. The van der Waals surface area contributed by atoms with Crippen molar-refractivity contribution in [1.82, 2.24) is 8.96 Å². The van der Waals surface area contributed by atoms with Crippen molar-refractivity contribution in [1.29, 1.82) is 0 Å². The van der Waals surface area contributed by atoms with Crippen LogP contribution in [0.4, 0.5) is 11.4 Å². The Balaban J connectivity index is 1.76. The van der Waals surface area contributed by atoms with Gasteiger partial charge in [0, 0.05) is 12.2 Å². The molecule has 0 aliphatic heterocycles. The number of nitrogens with one attached hydrogen (secondary N) is 1. The highest BCUT2D eigenvalue weighted by atomic mass is 32.2. The molecule has 2 heterocycles. The molecule has 1 aliphatic rings. The van der Waals surface area contributed by atoms with E-state index in [1.54, 1.807) is 30.3 Å². The van der Waals surface area contributed by atoms with E-state index in [0.29, 0.717) is 16.6 Å². The third-order valence-electron chi connectivity index (χ3n) is 5.30. The van der Waals surface area contributed by atoms with Gasteiger partial charge in [-0.1, -0.05) is 49.6 Å². The zero-order chi connectivity index (χ0) is 20.4. The van der Waals surface area contributed by atoms with E-state index in [1.807, 2.05) is 6.07 Å². The molecule has 1 fully saturated rings. The van der Waals surface area contributed by atoms with Crippen molar-refractivity contribution >= 4 is 32.4 Å². The molecule has 3 aromatic rings. The van der Waals surface area contributed by atoms with Gasteiger partial charge in [-0.3, -0.25) is 10.1 Å². The maximum atomic E-state index is 13.0. The summed E-state index contributed by atoms with van der Waals surface area (Å²) in [5, 5.41) is 15.3. The molecule has 9 heteroatoms. The smallest absolute Gasteiger partial charge is 0.311 e. The minimum Gasteiger partial charge on any atom is -0.376 e. The second kappa shape index (κ2) is 7.82. The number of anilines is 1. The van der Waals surface area contributed by atoms with E-state index < -0.39 is 14.9 Å². The molecular weight excluding hydrogens is 392 g/mol. The Morgan fingerprint density at radius 1 is 1.14 bits per heavy atom. The summed E-state index contributed by atoms with van der Waals surface area (Å²) in [5.41, 5.74) is 1.07. The summed E-state index contributed by atoms with van der Waals surface area (Å²) in [6, 6.07) is 10.6. The van der Waals surface area contributed by atoms with Crippen molar-refractivity contribution in [2.24, 2.45) is 0 Å². The molecule has 0 saturated heterocycles. The predicted octanol–water partition coefficient (Wildman–Crippen LogP) is 4.07. The summed E-state index contributed by atoms with van der Waals surface area (Å²) in [6.45, 7) is 0. The van der Waals surface area contributed by atoms with E-state index in [2.05, 4.69) is 10.3 Å². The highest BCUT2D eigenvalue weighted by Crippen LogP contribution is 2.35. The molecular formula is C20H22N4O4S. The molecule has 1 aromatic carbocycles. The summed E-state index contributed by atoms with van der Waals surface area (Å²) in [7, 11) is -3.72. The molecule has 29 heavy (non-hydrogen) atoms. The SMILES string of the molecule is O=[N+]([O-])c1cnc2c(ccn2S(=O)(=O)Cc2ccccc2)c1NC1CCCCC1. The fourth-order valence-electron chi connectivity index (χ4n) is 3.87. The molecule has 0 unspecified atom stereocenters. The van der Waals surface area contributed by atoms with Crippen LogP contribution in [0.3, 0.4) is 0 Å². The molecule has 1 saturated carbocycles. The van der Waals surface area contributed by atoms with Gasteiger partial charge in [0.05, 0.1) is 16.1 Å². The van der Waals surface area contributed by atoms with Gasteiger partial charge in [-0.05, 0) is 24.5 Å². The lowest BCUT2D eigenvalue weighted by Gasteiger charge is -2.24. The third-order valence-corrected chi connectivity index (χ3v) is 6.89. The number of hydrogen-bond donors (Lipinski definition) is 1. The van der Waals surface area contributed by atoms with E-state index >= 15 is 0 Å². The standard InChI is InChI=1S/C20H22N4O4S/c25-24(26)18-13-21-20-17(19(18)22-16-9-5-2-6-10-16)11-12-23(20)29(27,28)14-15-7-3-1-4-8-15/h1,3-4,7-8,11-13,16H,2,5-6,9-10,14H2,(H,21,22). The Morgan fingerprint density at radius 2 is 1.86 bits per heavy atom. The first-order valence-corrected chi connectivity index (χ1v) is 11.2. The topological polar surface area (TPSA) is 107 Å². The van der Waals surface area contributed by atoms with Gasteiger partial charge in [-0.15, -0.1) is 0 Å². The van der Waals surface area contributed by atoms with E-state index in [1.165, 1.54) is 12.6 Å². The van der Waals surface area contributed by atoms with Crippen LogP contribution in [0, 0.1) is 10.1 Å². The largest absolute Gasteiger partial charge is 0.376 e. The minimum atomic E-state index is -3.72. The molecule has 1 N–H and O–H groups in total. The summed E-state index contributed by atoms with van der Waals surface area (Å²) in [5.74, 6) is -0.179. The van der Waals surface area contributed by atoms with Crippen LogP contribution in [0.15, 0.2) is 48.8 Å². The van der Waals surface area contributed by atoms with E-state index in [-0.39, 0.29) is 23.1 Å². The minimum absolute atomic E-state index is 0.136. The molecule has 0 spiro atoms. The lowest BCUT2D eigenvalue weighted by Crippen LogP contribution is -2.23. The fraction of sp³-hybridized carbons (Fsp3) is 0.350. The van der Waals surface area contributed by atoms with Gasteiger partial charge >= 0.3 is 5.69 Å². The van der Waals surface area contributed by atoms with E-state index in [4.69, 9.17) is 0 Å². The van der Waals surface area contributed by atoms with Crippen LogP contribution in [0.1, 0.15) is 37.7 Å². The molecule has 4 rings (SSSR count). The van der Waals surface area contributed by atoms with Crippen LogP contribution in [0.2, 0.25) is 0 Å². The molecule has 152 valence electrons. The van der Waals surface area contributed by atoms with Gasteiger partial charge in [-0.2, -0.15) is 0 Å². The zero-order valence-electron chi connectivity index (χ0n) is 15.8. The van der Waals surface area contributed by atoms with Crippen LogP contribution in [-0.2, 0) is 15.8 Å². The van der Waals surface area contributed by atoms with Gasteiger partial charge in [0.2, 0.25) is 10.0 Å². The van der Waals surface area contributed by atoms with Gasteiger partial charge in [0.1, 0.15) is 11.9 Å². The van der Waals surface area contributed by atoms with Crippen molar-refractivity contribution in [3.8, 4) is 0 Å². The van der Waals surface area contributed by atoms with Crippen LogP contribution in [-0.4, -0.2) is 28.3 Å². The Bertz CT molecular complexity index is 1140. The number of fused-ring (bicyclic) bond motifs is 1. The summed E-state index contributed by atoms with van der Waals surface area (Å²) in [4.78, 5) is 15.2. The molecule has 0 amide bonds. The Kier molecular flexibility index (Phi) is 5.23. The molecule has 0 atom stereocenters. The average molecular weight is 414 g/mol. The van der Waals surface area contributed by atoms with Crippen LogP contribution < -0.4 is 5.32 Å². The summed E-state index contributed by atoms with van der Waals surface area (Å²) >= 11 is 0. The molecule has 0 bridgehead atoms. The van der Waals surface area contributed by atoms with Gasteiger partial charge in [0.25, 0.3) is 0 Å². The highest BCUT2D eigenvalue weighted by molar-refractivity contribution is 7.89. The van der Waals surface area contributed by atoms with Gasteiger partial charge in [0.15, 0.2) is 5.65 Å². The monoisotopic (exact) mass is 414 g/mol. The molecule has 0 radical (unpaired) electrons. The average Bonchev–Trinajstić information content (AvgIpc) is 3.15. The quantitative estimate of drug-likeness (QED) is 0.481. The van der Waals surface area contributed by atoms with Crippen molar-refractivity contribution in [2.45, 2.75) is 43.9 Å². The van der Waals surface area contributed by atoms with Crippen LogP contribution in [0.25, 0.3) is 11.0 Å². The fourth-order valence-corrected chi connectivity index (χ4v) is 5.28. The number of pyridine rings is 1. The first-order chi connectivity index (χ1) is 14.0. The van der Waals surface area contributed by atoms with Crippen molar-refractivity contribution in [3.05, 3.63) is 64.5 Å². The number of hydrogen-bond acceptors (Lipinski definition) is 6. The number of benzene rings is 1. The maximum absolute atomic E-state index is 13.0. The van der Waals surface area contributed by atoms with Crippen molar-refractivity contribution in [3.63, 3.8) is 0 Å². The second-order valence-corrected chi connectivity index (χ2v) is 9.19. The number of aromatic nitrogens is 2. The van der Waals surface area contributed by atoms with Crippen molar-refractivity contribution in [2.75, 3.05) is 5.32 Å². The lowest BCUT2D eigenvalue weighted by atomic mass is 9.95. The zero-order valence-corrected chi connectivity index (χ0v) is 16.6. The van der Waals surface area contributed by atoms with E-state index in [9.17, 15) is 18.5 Å². The van der Waals surface area contributed by atoms with Crippen LogP contribution >= 0.6 is 0 Å². The molecule has 1 aliphatic carbocycles. The van der Waals surface area contributed by atoms with Gasteiger partial charge < -0.3 is 5.32 Å². The van der Waals surface area contributed by atoms with Crippen molar-refractivity contribution < 1.29 is 13.3 Å². The number of rotatable bonds is 6. The molecule has 2 aromatic heterocycles.